The highest BCUT2D eigenvalue weighted by Crippen LogP contribution is 2.48. The van der Waals surface area contributed by atoms with Gasteiger partial charge < -0.3 is 4.74 Å². The summed E-state index contributed by atoms with van der Waals surface area (Å²) in [4.78, 5) is 25.4. The van der Waals surface area contributed by atoms with Crippen LogP contribution in [0.4, 0.5) is 0 Å². The molecule has 6 nitrogen and oxygen atoms in total. The highest BCUT2D eigenvalue weighted by molar-refractivity contribution is 7.90. The van der Waals surface area contributed by atoms with E-state index in [1.165, 1.54) is 0 Å². The molecule has 0 radical (unpaired) electrons. The number of carbonyl (C=O) groups is 2. The van der Waals surface area contributed by atoms with E-state index in [-0.39, 0.29) is 48.2 Å². The van der Waals surface area contributed by atoms with Gasteiger partial charge in [0.1, 0.15) is 9.84 Å². The molecule has 0 aromatic heterocycles. The molecule has 18 heavy (non-hydrogen) atoms. The van der Waals surface area contributed by atoms with Gasteiger partial charge in [0.25, 0.3) is 0 Å². The number of imide groups is 1. The molecular weight excluding hydrogens is 258 g/mol. The zero-order valence-corrected chi connectivity index (χ0v) is 10.9. The molecule has 2 bridgehead atoms. The first-order chi connectivity index (χ1) is 8.38. The Kier molecular flexibility index (Phi) is 2.54. The second-order valence-electron chi connectivity index (χ2n) is 5.30. The summed E-state index contributed by atoms with van der Waals surface area (Å²) in [6.45, 7) is -0.0249. The van der Waals surface area contributed by atoms with Crippen molar-refractivity contribution in [3.63, 3.8) is 0 Å². The van der Waals surface area contributed by atoms with Crippen LogP contribution in [-0.4, -0.2) is 55.9 Å². The zero-order valence-electron chi connectivity index (χ0n) is 10.0. The van der Waals surface area contributed by atoms with E-state index in [1.54, 1.807) is 0 Å². The van der Waals surface area contributed by atoms with Crippen LogP contribution in [0.1, 0.15) is 12.8 Å². The first-order valence-corrected chi connectivity index (χ1v) is 8.13. The highest BCUT2D eigenvalue weighted by Gasteiger charge is 2.62. The fourth-order valence-corrected chi connectivity index (χ4v) is 3.77. The Bertz CT molecular complexity index is 486. The molecule has 3 aliphatic heterocycles. The van der Waals surface area contributed by atoms with Gasteiger partial charge in [-0.05, 0) is 12.8 Å². The number of carbonyl (C=O) groups excluding carboxylic acids is 2. The summed E-state index contributed by atoms with van der Waals surface area (Å²) in [5, 5.41) is 0. The minimum Gasteiger partial charge on any atom is -0.373 e. The average Bonchev–Trinajstić information content (AvgIpc) is 2.90. The van der Waals surface area contributed by atoms with Gasteiger partial charge in [0.05, 0.1) is 29.8 Å². The Morgan fingerprint density at radius 1 is 1.17 bits per heavy atom. The molecule has 0 aromatic carbocycles. The van der Waals surface area contributed by atoms with Crippen molar-refractivity contribution in [2.75, 3.05) is 18.6 Å². The second-order valence-corrected chi connectivity index (χ2v) is 7.56. The zero-order chi connectivity index (χ0) is 13.1. The summed E-state index contributed by atoms with van der Waals surface area (Å²) in [6.07, 6.45) is 2.47. The van der Waals surface area contributed by atoms with Gasteiger partial charge in [-0.3, -0.25) is 14.5 Å². The van der Waals surface area contributed by atoms with Crippen molar-refractivity contribution in [3.05, 3.63) is 0 Å². The Morgan fingerprint density at radius 2 is 1.67 bits per heavy atom. The lowest BCUT2D eigenvalue weighted by molar-refractivity contribution is -0.142. The molecule has 2 amide bonds. The van der Waals surface area contributed by atoms with Gasteiger partial charge in [0, 0.05) is 12.8 Å². The third kappa shape index (κ3) is 1.68. The second kappa shape index (κ2) is 3.77. The highest BCUT2D eigenvalue weighted by atomic mass is 32.2. The molecule has 3 aliphatic rings. The number of hydrogen-bond donors (Lipinski definition) is 0. The summed E-state index contributed by atoms with van der Waals surface area (Å²) in [6, 6.07) is 0. The largest absolute Gasteiger partial charge is 0.373 e. The van der Waals surface area contributed by atoms with Gasteiger partial charge in [-0.1, -0.05) is 0 Å². The fraction of sp³-hybridized carbons (Fsp3) is 0.818. The Morgan fingerprint density at radius 3 is 2.11 bits per heavy atom. The maximum absolute atomic E-state index is 12.1. The molecule has 0 saturated carbocycles. The van der Waals surface area contributed by atoms with Crippen molar-refractivity contribution in [1.29, 1.82) is 0 Å². The van der Waals surface area contributed by atoms with Crippen LogP contribution in [0.15, 0.2) is 0 Å². The molecule has 4 atom stereocenters. The molecule has 3 fully saturated rings. The maximum Gasteiger partial charge on any atom is 0.235 e. The average molecular weight is 273 g/mol. The molecule has 100 valence electrons. The monoisotopic (exact) mass is 273 g/mol. The van der Waals surface area contributed by atoms with Gasteiger partial charge in [0.2, 0.25) is 11.8 Å². The van der Waals surface area contributed by atoms with E-state index in [0.717, 1.165) is 24.0 Å². The summed E-state index contributed by atoms with van der Waals surface area (Å²) < 4.78 is 27.8. The standard InChI is InChI=1S/C11H15NO5S/c1-18(15,16)5-4-12-10(13)8-6-2-3-7(17-6)9(8)11(12)14/h6-9H,2-5H2,1H3. The lowest BCUT2D eigenvalue weighted by Gasteiger charge is -2.16. The van der Waals surface area contributed by atoms with E-state index in [4.69, 9.17) is 4.74 Å². The van der Waals surface area contributed by atoms with E-state index in [0.29, 0.717) is 0 Å². The summed E-state index contributed by atoms with van der Waals surface area (Å²) >= 11 is 0. The third-order valence-electron chi connectivity index (χ3n) is 4.06. The molecule has 3 rings (SSSR count). The Labute approximate surface area is 105 Å². The number of ether oxygens (including phenoxy) is 1. The van der Waals surface area contributed by atoms with Crippen molar-refractivity contribution in [3.8, 4) is 0 Å². The number of likely N-dealkylation sites (tertiary alicyclic amines) is 1. The van der Waals surface area contributed by atoms with Crippen molar-refractivity contribution in [2.45, 2.75) is 25.0 Å². The molecular formula is C11H15NO5S. The van der Waals surface area contributed by atoms with Crippen LogP contribution >= 0.6 is 0 Å². The fourth-order valence-electron chi connectivity index (χ4n) is 3.25. The van der Waals surface area contributed by atoms with E-state index in [1.807, 2.05) is 0 Å². The minimum atomic E-state index is -3.17. The minimum absolute atomic E-state index is 0.0249. The number of rotatable bonds is 3. The topological polar surface area (TPSA) is 80.8 Å². The summed E-state index contributed by atoms with van der Waals surface area (Å²) in [7, 11) is -3.17. The number of nitrogens with zero attached hydrogens (tertiary/aromatic N) is 1. The molecule has 0 aromatic rings. The van der Waals surface area contributed by atoms with Crippen LogP contribution in [-0.2, 0) is 24.2 Å². The number of amides is 2. The Hall–Kier alpha value is -0.950. The lowest BCUT2D eigenvalue weighted by Crippen LogP contribution is -2.37. The lowest BCUT2D eigenvalue weighted by atomic mass is 9.81. The van der Waals surface area contributed by atoms with Crippen LogP contribution in [0, 0.1) is 11.8 Å². The van der Waals surface area contributed by atoms with E-state index < -0.39 is 9.84 Å². The smallest absolute Gasteiger partial charge is 0.235 e. The molecule has 0 spiro atoms. The first-order valence-electron chi connectivity index (χ1n) is 6.07. The van der Waals surface area contributed by atoms with Crippen molar-refractivity contribution in [1.82, 2.24) is 4.90 Å². The van der Waals surface area contributed by atoms with Gasteiger partial charge in [-0.15, -0.1) is 0 Å². The van der Waals surface area contributed by atoms with Crippen LogP contribution in [0.25, 0.3) is 0 Å². The summed E-state index contributed by atoms with van der Waals surface area (Å²) in [5.41, 5.74) is 0. The third-order valence-corrected chi connectivity index (χ3v) is 4.99. The Balaban J connectivity index is 1.78. The van der Waals surface area contributed by atoms with Gasteiger partial charge >= 0.3 is 0 Å². The molecule has 0 aliphatic carbocycles. The first kappa shape index (κ1) is 12.1. The van der Waals surface area contributed by atoms with Gasteiger partial charge in [-0.2, -0.15) is 0 Å². The van der Waals surface area contributed by atoms with Crippen LogP contribution in [0.5, 0.6) is 0 Å². The van der Waals surface area contributed by atoms with E-state index in [9.17, 15) is 18.0 Å². The predicted molar refractivity (Wildman–Crippen MR) is 61.3 cm³/mol. The maximum atomic E-state index is 12.1. The quantitative estimate of drug-likeness (QED) is 0.628. The van der Waals surface area contributed by atoms with E-state index in [2.05, 4.69) is 0 Å². The van der Waals surface area contributed by atoms with E-state index >= 15 is 0 Å². The SMILES string of the molecule is CS(=O)(=O)CCN1C(=O)C2C3CCC(O3)C2C1=O. The van der Waals surface area contributed by atoms with Crippen molar-refractivity contribution >= 4 is 21.7 Å². The molecule has 3 heterocycles. The van der Waals surface area contributed by atoms with Crippen LogP contribution in [0.3, 0.4) is 0 Å². The van der Waals surface area contributed by atoms with Gasteiger partial charge in [-0.25, -0.2) is 8.42 Å². The molecule has 7 heteroatoms. The molecule has 0 N–H and O–H groups in total. The normalized spacial score (nSPS) is 38.6. The molecule has 4 unspecified atom stereocenters. The van der Waals surface area contributed by atoms with Gasteiger partial charge in [0.15, 0.2) is 0 Å². The number of fused-ring (bicyclic) bond motifs is 5. The van der Waals surface area contributed by atoms with Crippen molar-refractivity contribution < 1.29 is 22.7 Å². The van der Waals surface area contributed by atoms with Crippen molar-refractivity contribution in [2.24, 2.45) is 11.8 Å². The summed E-state index contributed by atoms with van der Waals surface area (Å²) in [5.74, 6) is -1.39. The number of hydrogen-bond acceptors (Lipinski definition) is 5. The van der Waals surface area contributed by atoms with Crippen LogP contribution < -0.4 is 0 Å². The number of sulfone groups is 1. The molecule has 3 saturated heterocycles. The predicted octanol–water partition coefficient (Wildman–Crippen LogP) is -0.807. The van der Waals surface area contributed by atoms with Crippen LogP contribution in [0.2, 0.25) is 0 Å².